The van der Waals surface area contributed by atoms with E-state index in [-0.39, 0.29) is 0 Å². The summed E-state index contributed by atoms with van der Waals surface area (Å²) in [5.41, 5.74) is 14.1. The van der Waals surface area contributed by atoms with E-state index in [1.165, 1.54) is 33.4 Å². The quantitative estimate of drug-likeness (QED) is 0.122. The van der Waals surface area contributed by atoms with Gasteiger partial charge in [-0.3, -0.25) is 0 Å². The number of benzene rings is 8. The fourth-order valence-corrected chi connectivity index (χ4v) is 8.45. The Morgan fingerprint density at radius 2 is 1.03 bits per heavy atom. The summed E-state index contributed by atoms with van der Waals surface area (Å²) < 4.78 is 6.29. The molecule has 1 atom stereocenters. The Morgan fingerprint density at radius 1 is 0.483 bits per heavy atom. The van der Waals surface area contributed by atoms with E-state index < -0.39 is 5.41 Å². The predicted molar refractivity (Wildman–Crippen MR) is 243 cm³/mol. The molecule has 58 heavy (non-hydrogen) atoms. The van der Waals surface area contributed by atoms with Crippen molar-refractivity contribution in [2.75, 3.05) is 4.90 Å². The number of fused-ring (bicyclic) bond motifs is 3. The van der Waals surface area contributed by atoms with E-state index in [9.17, 15) is 0 Å². The van der Waals surface area contributed by atoms with Crippen LogP contribution >= 0.6 is 0 Å². The Labute approximate surface area is 342 Å². The minimum atomic E-state index is -0.687. The van der Waals surface area contributed by atoms with Crippen LogP contribution in [0, 0.1) is 0 Å². The molecule has 1 aliphatic rings. The molecule has 8 aromatic carbocycles. The lowest BCUT2D eigenvalue weighted by Gasteiger charge is -2.35. The first kappa shape index (κ1) is 36.2. The number of anilines is 3. The molecular weight excluding hydrogens is 703 g/mol. The smallest absolute Gasteiger partial charge is 0.127 e. The molecule has 0 N–H and O–H groups in total. The third kappa shape index (κ3) is 6.65. The minimum absolute atomic E-state index is 0.687. The summed E-state index contributed by atoms with van der Waals surface area (Å²) >= 11 is 0. The predicted octanol–water partition coefficient (Wildman–Crippen LogP) is 15.3. The largest absolute Gasteiger partial charge is 0.457 e. The summed E-state index contributed by atoms with van der Waals surface area (Å²) in [4.78, 5) is 2.40. The van der Waals surface area contributed by atoms with Crippen molar-refractivity contribution in [2.45, 2.75) is 12.3 Å². The van der Waals surface area contributed by atoms with E-state index in [4.69, 9.17) is 11.3 Å². The second kappa shape index (κ2) is 16.0. The van der Waals surface area contributed by atoms with Gasteiger partial charge in [0.1, 0.15) is 11.5 Å². The molecule has 0 bridgehead atoms. The molecule has 0 aliphatic heterocycles. The molecule has 278 valence electrons. The number of nitrogens with zero attached hydrogens (tertiary/aromatic N) is 1. The van der Waals surface area contributed by atoms with Crippen molar-refractivity contribution >= 4 is 17.1 Å². The van der Waals surface area contributed by atoms with Gasteiger partial charge in [0.15, 0.2) is 0 Å². The average Bonchev–Trinajstić information content (AvgIpc) is 3.59. The zero-order valence-electron chi connectivity index (χ0n) is 32.5. The van der Waals surface area contributed by atoms with Gasteiger partial charge in [-0.25, -0.2) is 0 Å². The average molecular weight is 746 g/mol. The first-order valence-electron chi connectivity index (χ1n) is 19.8. The highest BCUT2D eigenvalue weighted by Gasteiger charge is 2.46. The first-order chi connectivity index (χ1) is 28.6. The van der Waals surface area contributed by atoms with Crippen LogP contribution in [-0.4, -0.2) is 0 Å². The van der Waals surface area contributed by atoms with Crippen LogP contribution in [0.2, 0.25) is 0 Å². The summed E-state index contributed by atoms with van der Waals surface area (Å²) in [6.07, 6.45) is 8.37. The third-order valence-electron chi connectivity index (χ3n) is 11.1. The Bertz CT molecular complexity index is 2750. The lowest BCUT2D eigenvalue weighted by molar-refractivity contribution is 0.482. The molecule has 1 aliphatic carbocycles. The number of hydrogen-bond donors (Lipinski definition) is 0. The zero-order valence-corrected chi connectivity index (χ0v) is 32.5. The van der Waals surface area contributed by atoms with Crippen molar-refractivity contribution in [3.8, 4) is 44.9 Å². The van der Waals surface area contributed by atoms with Crippen LogP contribution in [0.1, 0.15) is 23.6 Å². The molecule has 0 spiro atoms. The van der Waals surface area contributed by atoms with Crippen molar-refractivity contribution in [1.29, 1.82) is 0 Å². The van der Waals surface area contributed by atoms with Gasteiger partial charge in [-0.1, -0.05) is 183 Å². The lowest BCUT2D eigenvalue weighted by Crippen LogP contribution is -2.28. The molecule has 0 amide bonds. The van der Waals surface area contributed by atoms with Crippen molar-refractivity contribution in [3.05, 3.63) is 259 Å². The van der Waals surface area contributed by atoms with Gasteiger partial charge in [-0.15, -0.1) is 0 Å². The Morgan fingerprint density at radius 3 is 1.74 bits per heavy atom. The van der Waals surface area contributed by atoms with Crippen LogP contribution in [-0.2, 0) is 5.41 Å². The Balaban J connectivity index is 1.26. The SMILES string of the molecule is C=C(/C=C\C=C/C)C1(c2ccc(Oc3ccccc3)cc2)c2ccccc2-c2ccc(N(c3ccc(-c4ccccc4)cc3)c3ccccc3-c3ccccc3)cc21. The minimum Gasteiger partial charge on any atom is -0.457 e. The zero-order chi connectivity index (χ0) is 39.3. The van der Waals surface area contributed by atoms with Crippen molar-refractivity contribution in [2.24, 2.45) is 0 Å². The molecule has 0 aromatic heterocycles. The van der Waals surface area contributed by atoms with E-state index in [0.717, 1.165) is 50.8 Å². The van der Waals surface area contributed by atoms with E-state index >= 15 is 0 Å². The molecule has 0 radical (unpaired) electrons. The number of ether oxygens (including phenoxy) is 1. The summed E-state index contributed by atoms with van der Waals surface area (Å²) in [5, 5.41) is 0. The second-order valence-corrected chi connectivity index (χ2v) is 14.5. The van der Waals surface area contributed by atoms with Crippen molar-refractivity contribution in [1.82, 2.24) is 0 Å². The Hall–Kier alpha value is -7.42. The van der Waals surface area contributed by atoms with Crippen LogP contribution in [0.3, 0.4) is 0 Å². The summed E-state index contributed by atoms with van der Waals surface area (Å²) in [5.74, 6) is 1.58. The standard InChI is InChI=1S/C56H43NO/c1-3-4-8-19-41(2)56(45-32-37-49(38-33-45)58-48-24-13-7-14-25-48)53-28-17-15-27-51(53)52-39-36-47(40-54(52)56)57(46-34-30-43(31-35-46)42-20-9-5-10-21-42)55-29-18-16-26-50(55)44-22-11-6-12-23-44/h3-40H,2H2,1H3/b4-3-,19-8-. The summed E-state index contributed by atoms with van der Waals surface area (Å²) in [6.45, 7) is 6.90. The molecule has 8 aromatic rings. The molecule has 2 heteroatoms. The van der Waals surface area contributed by atoms with Crippen LogP contribution in [0.25, 0.3) is 33.4 Å². The molecule has 9 rings (SSSR count). The number of rotatable bonds is 11. The molecule has 1 unspecified atom stereocenters. The van der Waals surface area contributed by atoms with Crippen molar-refractivity contribution < 1.29 is 4.74 Å². The second-order valence-electron chi connectivity index (χ2n) is 14.5. The van der Waals surface area contributed by atoms with E-state index in [1.54, 1.807) is 0 Å². The molecule has 0 saturated heterocycles. The number of para-hydroxylation sites is 2. The van der Waals surface area contributed by atoms with Crippen LogP contribution in [0.5, 0.6) is 11.5 Å². The molecule has 0 heterocycles. The van der Waals surface area contributed by atoms with E-state index in [1.807, 2.05) is 43.3 Å². The molecule has 0 fully saturated rings. The van der Waals surface area contributed by atoms with Gasteiger partial charge in [0.25, 0.3) is 0 Å². The molecular formula is C56H43NO. The van der Waals surface area contributed by atoms with E-state index in [2.05, 4.69) is 199 Å². The van der Waals surface area contributed by atoms with Crippen LogP contribution in [0.15, 0.2) is 243 Å². The topological polar surface area (TPSA) is 12.5 Å². The van der Waals surface area contributed by atoms with Gasteiger partial charge in [0, 0.05) is 16.9 Å². The highest BCUT2D eigenvalue weighted by atomic mass is 16.5. The van der Waals surface area contributed by atoms with Gasteiger partial charge in [0.05, 0.1) is 11.1 Å². The number of allylic oxidation sites excluding steroid dienone is 5. The lowest BCUT2D eigenvalue weighted by atomic mass is 9.67. The van der Waals surface area contributed by atoms with Gasteiger partial charge in [-0.05, 0) is 112 Å². The highest BCUT2D eigenvalue weighted by Crippen LogP contribution is 2.58. The maximum Gasteiger partial charge on any atom is 0.127 e. The normalized spacial score (nSPS) is 14.3. The fraction of sp³-hybridized carbons (Fsp3) is 0.0357. The summed E-state index contributed by atoms with van der Waals surface area (Å²) in [6, 6.07) is 73.1. The number of hydrogen-bond acceptors (Lipinski definition) is 2. The third-order valence-corrected chi connectivity index (χ3v) is 11.1. The maximum atomic E-state index is 6.29. The van der Waals surface area contributed by atoms with Gasteiger partial charge in [0.2, 0.25) is 0 Å². The molecule has 0 saturated carbocycles. The van der Waals surface area contributed by atoms with Gasteiger partial charge in [-0.2, -0.15) is 0 Å². The summed E-state index contributed by atoms with van der Waals surface area (Å²) in [7, 11) is 0. The van der Waals surface area contributed by atoms with Crippen LogP contribution < -0.4 is 9.64 Å². The first-order valence-corrected chi connectivity index (χ1v) is 19.8. The van der Waals surface area contributed by atoms with Gasteiger partial charge >= 0.3 is 0 Å². The van der Waals surface area contributed by atoms with Crippen molar-refractivity contribution in [3.63, 3.8) is 0 Å². The monoisotopic (exact) mass is 745 g/mol. The Kier molecular flexibility index (Phi) is 9.98. The fourth-order valence-electron chi connectivity index (χ4n) is 8.45. The van der Waals surface area contributed by atoms with Crippen LogP contribution in [0.4, 0.5) is 17.1 Å². The highest BCUT2D eigenvalue weighted by molar-refractivity contribution is 5.92. The van der Waals surface area contributed by atoms with E-state index in [0.29, 0.717) is 0 Å². The maximum absolute atomic E-state index is 6.29. The molecule has 2 nitrogen and oxygen atoms in total. The van der Waals surface area contributed by atoms with Gasteiger partial charge < -0.3 is 9.64 Å².